The molecule has 0 bridgehead atoms. The molecule has 2 unspecified atom stereocenters. The third kappa shape index (κ3) is 30.5. The number of nitrogens with two attached hydrogens (primary N) is 1. The molecule has 0 saturated carbocycles. The zero-order valence-corrected chi connectivity index (χ0v) is 44.3. The number of aliphatic hydroxyl groups excluding tert-OH is 5. The number of aliphatic hydroxyl groups is 5. The molecule has 1 aromatic heterocycles. The molecular formula is C50H83N3O18P2. The van der Waals surface area contributed by atoms with E-state index in [4.69, 9.17) is 29.0 Å². The Labute approximate surface area is 430 Å². The number of hydrogen-bond donors (Lipinski definition) is 8. The highest BCUT2D eigenvalue weighted by Gasteiger charge is 2.46. The number of hydrogen-bond acceptors (Lipinski definition) is 18. The third-order valence-corrected chi connectivity index (χ3v) is 14.0. The van der Waals surface area contributed by atoms with Crippen molar-refractivity contribution in [3.05, 3.63) is 83.5 Å². The van der Waals surface area contributed by atoms with Crippen molar-refractivity contribution < 1.29 is 81.6 Å². The molecule has 0 amide bonds. The van der Waals surface area contributed by atoms with E-state index in [9.17, 15) is 58.8 Å². The molecule has 2 rings (SSSR count). The third-order valence-electron chi connectivity index (χ3n) is 11.4. The summed E-state index contributed by atoms with van der Waals surface area (Å²) in [5.74, 6) is -1.66. The van der Waals surface area contributed by atoms with Gasteiger partial charge in [0.2, 0.25) is 0 Å². The maximum Gasteiger partial charge on any atom is 0.481 e. The Morgan fingerprint density at radius 3 is 1.97 bits per heavy atom. The van der Waals surface area contributed by atoms with Crippen LogP contribution in [0.4, 0.5) is 5.82 Å². The number of phosphoric acid groups is 2. The summed E-state index contributed by atoms with van der Waals surface area (Å²) in [6.45, 7) is 1.70. The fourth-order valence-electron chi connectivity index (χ4n) is 7.28. The van der Waals surface area contributed by atoms with Crippen LogP contribution in [0.1, 0.15) is 155 Å². The average Bonchev–Trinajstić information content (AvgIpc) is 3.62. The van der Waals surface area contributed by atoms with Crippen LogP contribution in [0.3, 0.4) is 0 Å². The highest BCUT2D eigenvalue weighted by atomic mass is 31.3. The van der Waals surface area contributed by atoms with E-state index in [1.807, 2.05) is 0 Å². The number of aromatic nitrogens is 2. The Balaban J connectivity index is 1.90. The Morgan fingerprint density at radius 2 is 1.32 bits per heavy atom. The summed E-state index contributed by atoms with van der Waals surface area (Å²) in [6, 6.07) is 1.22. The number of unbranched alkanes of at least 4 members (excludes halogenated alkanes) is 13. The Morgan fingerprint density at radius 1 is 0.740 bits per heavy atom. The number of nitrogen functional groups attached to an aromatic ring is 1. The largest absolute Gasteiger partial charge is 0.481 e. The van der Waals surface area contributed by atoms with Crippen LogP contribution < -0.4 is 11.4 Å². The predicted molar refractivity (Wildman–Crippen MR) is 274 cm³/mol. The van der Waals surface area contributed by atoms with E-state index in [2.05, 4.69) is 35.3 Å². The summed E-state index contributed by atoms with van der Waals surface area (Å²) in [5.41, 5.74) is 4.55. The minimum Gasteiger partial charge on any atom is -0.462 e. The number of nitrogens with zero attached hydrogens (tertiary/aromatic N) is 2. The van der Waals surface area contributed by atoms with Crippen LogP contribution in [-0.4, -0.2) is 119 Å². The van der Waals surface area contributed by atoms with Gasteiger partial charge in [0.25, 0.3) is 0 Å². The van der Waals surface area contributed by atoms with Gasteiger partial charge in [0.15, 0.2) is 12.3 Å². The maximum atomic E-state index is 12.9. The standard InChI is InChI=1S/C50H83N3O18P2/c1-3-5-7-8-9-10-11-12-13-14-15-16-17-22-26-32-45(57)66-36-40(69-46(58)33-27-31-42(56)41(55)30-25-21-19-18-20-24-29-39(54)28-23-6-4-2)37-67-72(62,63)71-73(64,65)68-38-43-47(59)48(60)49(70-43)53-35-34-44(51)52-50(53)61/h10-11,18-21,24-25,29-30,34-35,39-43,47-49,54-56,59-60H,3-9,12-17,22-23,26-28,31-33,36-38H2,1-2H3,(H,62,63)(H,64,65)(H2,51,52,61)/b11-10-,20-18-,21-19+,29-24+,30-25+/t39-,40+,41-,42-,43+,47+,48+,49+/m0/s1. The van der Waals surface area contributed by atoms with Crippen LogP contribution in [0.25, 0.3) is 0 Å². The van der Waals surface area contributed by atoms with Crippen molar-refractivity contribution in [2.24, 2.45) is 0 Å². The first-order valence-electron chi connectivity index (χ1n) is 25.6. The van der Waals surface area contributed by atoms with Crippen molar-refractivity contribution in [3.8, 4) is 0 Å². The van der Waals surface area contributed by atoms with E-state index >= 15 is 0 Å². The quantitative estimate of drug-likeness (QED) is 0.0105. The van der Waals surface area contributed by atoms with Gasteiger partial charge >= 0.3 is 33.3 Å². The van der Waals surface area contributed by atoms with Gasteiger partial charge in [-0.05, 0) is 57.4 Å². The molecule has 73 heavy (non-hydrogen) atoms. The van der Waals surface area contributed by atoms with Crippen molar-refractivity contribution >= 4 is 33.4 Å². The van der Waals surface area contributed by atoms with Gasteiger partial charge in [0, 0.05) is 19.0 Å². The van der Waals surface area contributed by atoms with Crippen LogP contribution >= 0.6 is 15.6 Å². The lowest BCUT2D eigenvalue weighted by Gasteiger charge is -2.21. The normalized spacial score (nSPS) is 20.8. The number of phosphoric ester groups is 2. The van der Waals surface area contributed by atoms with Gasteiger partial charge in [-0.3, -0.25) is 23.2 Å². The van der Waals surface area contributed by atoms with Gasteiger partial charge in [-0.25, -0.2) is 13.9 Å². The van der Waals surface area contributed by atoms with Gasteiger partial charge in [0.05, 0.1) is 31.5 Å². The Bertz CT molecular complexity index is 2010. The molecule has 0 radical (unpaired) electrons. The minimum absolute atomic E-state index is 0.0289. The lowest BCUT2D eigenvalue weighted by atomic mass is 10.1. The zero-order valence-electron chi connectivity index (χ0n) is 42.5. The molecule has 1 saturated heterocycles. The molecular weight excluding hydrogens is 993 g/mol. The van der Waals surface area contributed by atoms with Crippen molar-refractivity contribution in [2.75, 3.05) is 25.6 Å². The van der Waals surface area contributed by atoms with Gasteiger partial charge < -0.3 is 55.3 Å². The summed E-state index contributed by atoms with van der Waals surface area (Å²) in [6.07, 6.45) is 25.1. The molecule has 21 nitrogen and oxygen atoms in total. The molecule has 1 aromatic rings. The second-order valence-corrected chi connectivity index (χ2v) is 20.9. The molecule has 1 aliphatic rings. The van der Waals surface area contributed by atoms with E-state index in [-0.39, 0.29) is 31.5 Å². The number of carbonyl (C=O) groups is 2. The Hall–Kier alpha value is -3.66. The molecule has 0 aliphatic carbocycles. The van der Waals surface area contributed by atoms with Gasteiger partial charge in [-0.1, -0.05) is 145 Å². The van der Waals surface area contributed by atoms with Crippen LogP contribution in [0.5, 0.6) is 0 Å². The van der Waals surface area contributed by atoms with Crippen LogP contribution in [-0.2, 0) is 46.3 Å². The number of esters is 2. The molecule has 9 N–H and O–H groups in total. The first-order valence-corrected chi connectivity index (χ1v) is 28.6. The highest BCUT2D eigenvalue weighted by Crippen LogP contribution is 2.60. The average molecular weight is 1080 g/mol. The molecule has 10 atom stereocenters. The molecule has 2 heterocycles. The lowest BCUT2D eigenvalue weighted by Crippen LogP contribution is -2.36. The smallest absolute Gasteiger partial charge is 0.462 e. The number of carbonyl (C=O) groups excluding carboxylic acids is 2. The number of ether oxygens (including phenoxy) is 3. The topological polar surface area (TPSA) is 326 Å². The summed E-state index contributed by atoms with van der Waals surface area (Å²) in [7, 11) is -11.0. The fraction of sp³-hybridized carbons (Fsp3) is 0.680. The highest BCUT2D eigenvalue weighted by molar-refractivity contribution is 7.61. The molecule has 416 valence electrons. The maximum absolute atomic E-state index is 12.9. The van der Waals surface area contributed by atoms with Crippen molar-refractivity contribution in [3.63, 3.8) is 0 Å². The van der Waals surface area contributed by atoms with E-state index in [0.717, 1.165) is 81.4 Å². The van der Waals surface area contributed by atoms with Crippen LogP contribution in [0, 0.1) is 0 Å². The van der Waals surface area contributed by atoms with Gasteiger partial charge in [-0.15, -0.1) is 0 Å². The molecule has 23 heteroatoms. The molecule has 1 fully saturated rings. The zero-order chi connectivity index (χ0) is 53.9. The Kier molecular flexibility index (Phi) is 34.0. The summed E-state index contributed by atoms with van der Waals surface area (Å²) in [4.78, 5) is 61.9. The van der Waals surface area contributed by atoms with E-state index < -0.39 is 102 Å². The minimum atomic E-state index is -5.52. The van der Waals surface area contributed by atoms with E-state index in [0.29, 0.717) is 12.8 Å². The second kappa shape index (κ2) is 38.0. The van der Waals surface area contributed by atoms with E-state index in [1.54, 1.807) is 36.5 Å². The van der Waals surface area contributed by atoms with E-state index in [1.165, 1.54) is 43.9 Å². The number of rotatable bonds is 41. The van der Waals surface area contributed by atoms with Crippen molar-refractivity contribution in [1.82, 2.24) is 9.55 Å². The van der Waals surface area contributed by atoms with Gasteiger partial charge in [0.1, 0.15) is 30.7 Å². The van der Waals surface area contributed by atoms with Crippen LogP contribution in [0.2, 0.25) is 0 Å². The molecule has 1 aliphatic heterocycles. The van der Waals surface area contributed by atoms with Crippen molar-refractivity contribution in [2.45, 2.75) is 198 Å². The van der Waals surface area contributed by atoms with Crippen LogP contribution in [0.15, 0.2) is 77.8 Å². The number of allylic oxidation sites excluding steroid dienone is 8. The first kappa shape index (κ1) is 65.5. The predicted octanol–water partition coefficient (Wildman–Crippen LogP) is 7.25. The summed E-state index contributed by atoms with van der Waals surface area (Å²) >= 11 is 0. The number of anilines is 1. The fourth-order valence-corrected chi connectivity index (χ4v) is 9.39. The lowest BCUT2D eigenvalue weighted by molar-refractivity contribution is -0.161. The monoisotopic (exact) mass is 1080 g/mol. The summed E-state index contributed by atoms with van der Waals surface area (Å²) < 4.78 is 56.5. The second-order valence-electron chi connectivity index (χ2n) is 17.9. The first-order chi connectivity index (χ1) is 34.9. The summed E-state index contributed by atoms with van der Waals surface area (Å²) in [5, 5.41) is 51.7. The van der Waals surface area contributed by atoms with Gasteiger partial charge in [-0.2, -0.15) is 9.29 Å². The SMILES string of the molecule is CCCCCC/C=C\CCCCCCCCCC(=O)OC[C@H](COP(=O)(O)OP(=O)(O)OC[C@H]1O[C@@H](n2ccc(N)nc2=O)[C@H](O)[C@@H]1O)OC(=O)CCC[C@H](O)[C@@H](O)/C=C/C=C/C=C\C=C\[C@@H](O)CCCCC. The molecule has 0 aromatic carbocycles. The van der Waals surface area contributed by atoms with Crippen molar-refractivity contribution in [1.29, 1.82) is 0 Å². The molecule has 0 spiro atoms.